The highest BCUT2D eigenvalue weighted by Crippen LogP contribution is 2.36. The lowest BCUT2D eigenvalue weighted by Crippen LogP contribution is -2.41. The number of hydrogen-bond donors (Lipinski definition) is 0. The van der Waals surface area contributed by atoms with E-state index < -0.39 is 0 Å². The van der Waals surface area contributed by atoms with Crippen molar-refractivity contribution in [2.45, 2.75) is 45.8 Å². The Morgan fingerprint density at radius 1 is 0.909 bits per heavy atom. The van der Waals surface area contributed by atoms with Gasteiger partial charge in [-0.3, -0.25) is 4.98 Å². The van der Waals surface area contributed by atoms with Crippen molar-refractivity contribution in [1.29, 1.82) is 0 Å². The first-order valence-corrected chi connectivity index (χ1v) is 7.68. The molecule has 4 heteroatoms. The van der Waals surface area contributed by atoms with Crippen molar-refractivity contribution in [3.05, 3.63) is 48.2 Å². The molecule has 1 aliphatic heterocycles. The topological polar surface area (TPSA) is 31.4 Å². The molecule has 0 bridgehead atoms. The summed E-state index contributed by atoms with van der Waals surface area (Å²) < 4.78 is 12.1. The van der Waals surface area contributed by atoms with Gasteiger partial charge in [-0.2, -0.15) is 0 Å². The molecular formula is C18H22BNO2. The highest BCUT2D eigenvalue weighted by molar-refractivity contribution is 6.62. The van der Waals surface area contributed by atoms with Crippen LogP contribution in [0.2, 0.25) is 0 Å². The normalized spacial score (nSPS) is 19.4. The van der Waals surface area contributed by atoms with Gasteiger partial charge in [0.05, 0.1) is 16.9 Å². The fraction of sp³-hybridized carbons (Fsp3) is 0.389. The molecule has 22 heavy (non-hydrogen) atoms. The minimum atomic E-state index is -0.358. The number of hydrogen-bond acceptors (Lipinski definition) is 3. The molecule has 1 fully saturated rings. The zero-order valence-corrected chi connectivity index (χ0v) is 13.9. The molecule has 2 heterocycles. The molecule has 0 aliphatic carbocycles. The highest BCUT2D eigenvalue weighted by Gasteiger charge is 2.51. The lowest BCUT2D eigenvalue weighted by molar-refractivity contribution is 0.00578. The van der Waals surface area contributed by atoms with Crippen LogP contribution in [-0.4, -0.2) is 23.3 Å². The molecule has 114 valence electrons. The van der Waals surface area contributed by atoms with Crippen LogP contribution in [0.1, 0.15) is 33.3 Å². The molecule has 1 aromatic carbocycles. The van der Waals surface area contributed by atoms with Crippen LogP contribution in [0.3, 0.4) is 0 Å². The fourth-order valence-electron chi connectivity index (χ4n) is 2.54. The van der Waals surface area contributed by atoms with Gasteiger partial charge in [0.2, 0.25) is 0 Å². The Morgan fingerprint density at radius 2 is 1.55 bits per heavy atom. The Kier molecular flexibility index (Phi) is 3.62. The van der Waals surface area contributed by atoms with Crippen molar-refractivity contribution in [3.8, 4) is 11.3 Å². The summed E-state index contributed by atoms with van der Waals surface area (Å²) in [6, 6.07) is 12.3. The fourth-order valence-corrected chi connectivity index (χ4v) is 2.54. The average Bonchev–Trinajstić information content (AvgIpc) is 2.68. The van der Waals surface area contributed by atoms with E-state index in [9.17, 15) is 0 Å². The minimum absolute atomic E-state index is 0.327. The van der Waals surface area contributed by atoms with E-state index in [1.807, 2.05) is 30.5 Å². The van der Waals surface area contributed by atoms with Crippen molar-refractivity contribution in [2.75, 3.05) is 0 Å². The molecule has 2 aromatic rings. The van der Waals surface area contributed by atoms with Gasteiger partial charge in [-0.25, -0.2) is 0 Å². The van der Waals surface area contributed by atoms with Crippen molar-refractivity contribution < 1.29 is 9.31 Å². The molecule has 1 aliphatic rings. The van der Waals surface area contributed by atoms with E-state index in [2.05, 4.69) is 51.7 Å². The summed E-state index contributed by atoms with van der Waals surface area (Å²) in [7, 11) is -0.358. The molecule has 0 N–H and O–H groups in total. The number of rotatable bonds is 2. The van der Waals surface area contributed by atoms with Crippen molar-refractivity contribution >= 4 is 12.6 Å². The van der Waals surface area contributed by atoms with E-state index in [-0.39, 0.29) is 18.3 Å². The Bertz CT molecular complexity index is 664. The SMILES string of the molecule is Cc1ccccc1-c1ccc(B2OC(C)(C)C(C)(C)O2)cn1. The average molecular weight is 295 g/mol. The first-order valence-electron chi connectivity index (χ1n) is 7.68. The first-order chi connectivity index (χ1) is 10.3. The monoisotopic (exact) mass is 295 g/mol. The first kappa shape index (κ1) is 15.3. The molecule has 0 radical (unpaired) electrons. The summed E-state index contributed by atoms with van der Waals surface area (Å²) in [5, 5.41) is 0. The zero-order chi connectivity index (χ0) is 16.0. The van der Waals surface area contributed by atoms with E-state index in [4.69, 9.17) is 9.31 Å². The van der Waals surface area contributed by atoms with Gasteiger partial charge in [-0.05, 0) is 46.2 Å². The smallest absolute Gasteiger partial charge is 0.399 e. The molecule has 1 aromatic heterocycles. The third kappa shape index (κ3) is 2.57. The number of nitrogens with zero attached hydrogens (tertiary/aromatic N) is 1. The minimum Gasteiger partial charge on any atom is -0.399 e. The molecule has 0 spiro atoms. The standard InChI is InChI=1S/C18H22BNO2/c1-13-8-6-7-9-15(13)16-11-10-14(12-20-16)19-21-17(2,3)18(4,5)22-19/h6-12H,1-5H3. The van der Waals surface area contributed by atoms with Crippen LogP contribution in [0.15, 0.2) is 42.6 Å². The van der Waals surface area contributed by atoms with Gasteiger partial charge >= 0.3 is 7.12 Å². The van der Waals surface area contributed by atoms with E-state index >= 15 is 0 Å². The number of aromatic nitrogens is 1. The van der Waals surface area contributed by atoms with Crippen LogP contribution in [0.5, 0.6) is 0 Å². The van der Waals surface area contributed by atoms with Crippen LogP contribution < -0.4 is 5.46 Å². The van der Waals surface area contributed by atoms with E-state index in [1.54, 1.807) is 0 Å². The lowest BCUT2D eigenvalue weighted by Gasteiger charge is -2.32. The third-order valence-corrected chi connectivity index (χ3v) is 4.73. The predicted molar refractivity (Wildman–Crippen MR) is 90.1 cm³/mol. The summed E-state index contributed by atoms with van der Waals surface area (Å²) >= 11 is 0. The van der Waals surface area contributed by atoms with Gasteiger partial charge in [0, 0.05) is 17.2 Å². The maximum absolute atomic E-state index is 6.06. The summed E-state index contributed by atoms with van der Waals surface area (Å²) in [4.78, 5) is 4.59. The maximum Gasteiger partial charge on any atom is 0.496 e. The molecule has 0 atom stereocenters. The van der Waals surface area contributed by atoms with Crippen molar-refractivity contribution in [1.82, 2.24) is 4.98 Å². The summed E-state index contributed by atoms with van der Waals surface area (Å²) in [6.45, 7) is 10.3. The summed E-state index contributed by atoms with van der Waals surface area (Å²) in [5.41, 5.74) is 3.65. The molecule has 3 rings (SSSR count). The molecule has 0 unspecified atom stereocenters. The second-order valence-corrected chi connectivity index (χ2v) is 6.88. The molecule has 3 nitrogen and oxygen atoms in total. The van der Waals surface area contributed by atoms with Gasteiger partial charge in [-0.15, -0.1) is 0 Å². The van der Waals surface area contributed by atoms with E-state index in [1.165, 1.54) is 5.56 Å². The Morgan fingerprint density at radius 3 is 2.09 bits per heavy atom. The largest absolute Gasteiger partial charge is 0.496 e. The molecular weight excluding hydrogens is 273 g/mol. The predicted octanol–water partition coefficient (Wildman–Crippen LogP) is 3.36. The van der Waals surface area contributed by atoms with Crippen molar-refractivity contribution in [2.24, 2.45) is 0 Å². The van der Waals surface area contributed by atoms with Gasteiger partial charge in [0.25, 0.3) is 0 Å². The van der Waals surface area contributed by atoms with Crippen LogP contribution in [0, 0.1) is 6.92 Å². The lowest BCUT2D eigenvalue weighted by atomic mass is 9.80. The second kappa shape index (κ2) is 5.22. The highest BCUT2D eigenvalue weighted by atomic mass is 16.7. The van der Waals surface area contributed by atoms with Gasteiger partial charge in [0.15, 0.2) is 0 Å². The Hall–Kier alpha value is -1.65. The Balaban J connectivity index is 1.86. The number of benzene rings is 1. The van der Waals surface area contributed by atoms with Gasteiger partial charge < -0.3 is 9.31 Å². The van der Waals surface area contributed by atoms with Gasteiger partial charge in [-0.1, -0.05) is 30.3 Å². The van der Waals surface area contributed by atoms with Crippen LogP contribution in [0.4, 0.5) is 0 Å². The quantitative estimate of drug-likeness (QED) is 0.796. The zero-order valence-electron chi connectivity index (χ0n) is 13.9. The second-order valence-electron chi connectivity index (χ2n) is 6.88. The van der Waals surface area contributed by atoms with E-state index in [0.717, 1.165) is 16.7 Å². The number of aryl methyl sites for hydroxylation is 1. The van der Waals surface area contributed by atoms with Crippen molar-refractivity contribution in [3.63, 3.8) is 0 Å². The number of pyridine rings is 1. The maximum atomic E-state index is 6.06. The van der Waals surface area contributed by atoms with E-state index in [0.29, 0.717) is 0 Å². The van der Waals surface area contributed by atoms with Crippen LogP contribution >= 0.6 is 0 Å². The van der Waals surface area contributed by atoms with Crippen LogP contribution in [0.25, 0.3) is 11.3 Å². The van der Waals surface area contributed by atoms with Gasteiger partial charge in [0.1, 0.15) is 0 Å². The molecule has 0 amide bonds. The molecule has 1 saturated heterocycles. The summed E-state index contributed by atoms with van der Waals surface area (Å²) in [6.07, 6.45) is 1.85. The summed E-state index contributed by atoms with van der Waals surface area (Å²) in [5.74, 6) is 0. The Labute approximate surface area is 132 Å². The third-order valence-electron chi connectivity index (χ3n) is 4.73. The molecule has 0 saturated carbocycles. The van der Waals surface area contributed by atoms with Crippen LogP contribution in [-0.2, 0) is 9.31 Å².